The van der Waals surface area contributed by atoms with Gasteiger partial charge in [-0.15, -0.1) is 24.8 Å². The largest absolute Gasteiger partial charge is 0.480 e. The van der Waals surface area contributed by atoms with Crippen LogP contribution in [0, 0.1) is 35.5 Å². The summed E-state index contributed by atoms with van der Waals surface area (Å²) in [5.74, 6) is -2.50. The molecule has 0 bridgehead atoms. The van der Waals surface area contributed by atoms with Crippen LogP contribution >= 0.6 is 38.3 Å². The van der Waals surface area contributed by atoms with Gasteiger partial charge in [-0.1, -0.05) is 103 Å². The molecule has 4 fully saturated rings. The van der Waals surface area contributed by atoms with E-state index in [-0.39, 0.29) is 161 Å². The minimum absolute atomic E-state index is 0. The molecule has 4 aliphatic rings. The highest BCUT2D eigenvalue weighted by Crippen LogP contribution is 2.32. The third-order valence-electron chi connectivity index (χ3n) is 19.0. The number of benzene rings is 2. The third kappa shape index (κ3) is 49.1. The summed E-state index contributed by atoms with van der Waals surface area (Å²) in [6.45, 7) is 43.9. The van der Waals surface area contributed by atoms with E-state index < -0.39 is 84.0 Å². The van der Waals surface area contributed by atoms with Crippen molar-refractivity contribution in [2.24, 2.45) is 27.4 Å². The van der Waals surface area contributed by atoms with Gasteiger partial charge in [0.2, 0.25) is 23.6 Å². The zero-order chi connectivity index (χ0) is 98.6. The molecule has 6 aromatic rings. The van der Waals surface area contributed by atoms with Crippen LogP contribution in [0.2, 0.25) is 0 Å². The highest BCUT2D eigenvalue weighted by Gasteiger charge is 2.44. The van der Waals surface area contributed by atoms with Gasteiger partial charge in [-0.25, -0.2) is 51.9 Å². The summed E-state index contributed by atoms with van der Waals surface area (Å²) in [7, 11) is 3.26. The zero-order valence-electron chi connectivity index (χ0n) is 78.9. The number of carboxylic acids is 2. The van der Waals surface area contributed by atoms with Crippen LogP contribution in [0.5, 0.6) is 0 Å². The number of carbonyl (C=O) groups excluding carboxylic acids is 8. The van der Waals surface area contributed by atoms with Crippen molar-refractivity contribution in [2.75, 3.05) is 52.4 Å². The van der Waals surface area contributed by atoms with Crippen LogP contribution < -0.4 is 27.0 Å². The molecule has 750 valence electrons. The number of hydrogen-bond donors (Lipinski definition) is 7. The van der Waals surface area contributed by atoms with Crippen LogP contribution in [0.3, 0.4) is 0 Å². The van der Waals surface area contributed by atoms with E-state index in [0.29, 0.717) is 71.5 Å². The fourth-order valence-corrected chi connectivity index (χ4v) is 12.7. The van der Waals surface area contributed by atoms with Crippen molar-refractivity contribution in [1.82, 2.24) is 75.5 Å². The van der Waals surface area contributed by atoms with E-state index >= 15 is 0 Å². The van der Waals surface area contributed by atoms with E-state index in [4.69, 9.17) is 25.4 Å². The van der Waals surface area contributed by atoms with Gasteiger partial charge in [0.15, 0.2) is 11.6 Å². The monoisotopic (exact) mass is 2090 g/mol. The van der Waals surface area contributed by atoms with Crippen LogP contribution in [-0.4, -0.2) is 236 Å². The van der Waals surface area contributed by atoms with E-state index in [9.17, 15) is 65.5 Å². The molecule has 4 aromatic heterocycles. The normalized spacial score (nSPS) is 17.6. The topological polar surface area (TPSA) is 401 Å². The number of nitrogens with two attached hydrogens (primary N) is 1. The van der Waals surface area contributed by atoms with Gasteiger partial charge in [0.05, 0.1) is 36.7 Å². The van der Waals surface area contributed by atoms with Gasteiger partial charge in [0, 0.05) is 206 Å². The number of nitrogens with one attached hydrogen (secondary N) is 4. The summed E-state index contributed by atoms with van der Waals surface area (Å²) in [4.78, 5) is 140. The minimum Gasteiger partial charge on any atom is -0.480 e. The van der Waals surface area contributed by atoms with Gasteiger partial charge in [-0.05, 0) is 145 Å². The van der Waals surface area contributed by atoms with Gasteiger partial charge in [-0.3, -0.25) is 52.7 Å². The van der Waals surface area contributed by atoms with Crippen molar-refractivity contribution in [2.45, 2.75) is 284 Å². The number of aromatic nitrogens is 8. The number of carboxylic acid groups (broad SMARTS) is 2. The Labute approximate surface area is 837 Å². The van der Waals surface area contributed by atoms with Crippen molar-refractivity contribution >= 4 is 213 Å². The van der Waals surface area contributed by atoms with E-state index in [1.165, 1.54) is 50.8 Å². The number of aliphatic carboxylic acids is 2. The van der Waals surface area contributed by atoms with Crippen LogP contribution in [-0.2, 0) is 145 Å². The van der Waals surface area contributed by atoms with Crippen LogP contribution in [0.4, 0.5) is 27.2 Å². The summed E-state index contributed by atoms with van der Waals surface area (Å²) >= 11 is 24.2. The molecule has 6 amide bonds. The Bertz CT molecular complexity index is 4860. The highest BCUT2D eigenvalue weighted by molar-refractivity contribution is 8.51. The number of hydrogen-bond acceptors (Lipinski definition) is 26. The Morgan fingerprint density at radius 3 is 1.11 bits per heavy atom. The van der Waals surface area contributed by atoms with Crippen molar-refractivity contribution in [3.63, 3.8) is 0 Å². The lowest BCUT2D eigenvalue weighted by Crippen LogP contribution is -2.48. The van der Waals surface area contributed by atoms with E-state index in [0.717, 1.165) is 68.3 Å². The second kappa shape index (κ2) is 61.2. The predicted octanol–water partition coefficient (Wildman–Crippen LogP) is 14.1. The molecule has 0 saturated carbocycles. The van der Waals surface area contributed by atoms with E-state index in [1.807, 2.05) is 24.3 Å². The van der Waals surface area contributed by atoms with E-state index in [1.54, 1.807) is 92.3 Å². The SMILES string of the molecule is C.CC(=O)c1nn(CC(=O)N2C[C@H](F)C[C@H]2C(=O)NCCC(C)(C)C)c2ccc(-c3cnc(C)nc3)cc12.CC(=O)c1nn(CC(=O)O)c2ccc(-c3cnc(C)nc3)cc12.CC(C)(C)CCN.CC(C)(C)CCNC(=O)[C@@H]1C[C@@H](F)CN1.CC(C)(C)CCNC(=O)[C@@H]1C[C@@H](F)CN1C(=O)OC(C)(C)C.CC(C)(C)OC(=O)N1C[C@H](F)C[C@H]1C(=O)O.Cl.Cl.S.S=S.S=S=S.S=S=S=S. The van der Waals surface area contributed by atoms with Crippen LogP contribution in [0.25, 0.3) is 44.1 Å². The average molecular weight is 2100 g/mol. The number of rotatable bonds is 19. The Kier molecular flexibility index (Phi) is 59.8. The molecule has 0 spiro atoms. The highest BCUT2D eigenvalue weighted by atomic mass is 35.5. The maximum Gasteiger partial charge on any atom is 0.411 e. The molecule has 0 unspecified atom stereocenters. The number of aryl methyl sites for hydroxylation is 2. The first-order valence-electron chi connectivity index (χ1n) is 41.6. The number of halogens is 6. The molecule has 8 heterocycles. The second-order valence-corrected chi connectivity index (χ2v) is 42.9. The number of amides is 6. The van der Waals surface area contributed by atoms with E-state index in [2.05, 4.69) is 202 Å². The molecule has 4 aliphatic heterocycles. The molecule has 8 N–H and O–H groups in total. The number of ether oxygens (including phenoxy) is 2. The maximum absolute atomic E-state index is 14.3. The predicted molar refractivity (Wildman–Crippen MR) is 547 cm³/mol. The summed E-state index contributed by atoms with van der Waals surface area (Å²) < 4.78 is 66.9. The van der Waals surface area contributed by atoms with Crippen molar-refractivity contribution in [1.29, 1.82) is 0 Å². The molecule has 46 heteroatoms. The fourth-order valence-electron chi connectivity index (χ4n) is 12.7. The quantitative estimate of drug-likeness (QED) is 0.0292. The molecule has 8 atom stereocenters. The molecule has 4 saturated heterocycles. The number of Topliss-reactive ketones (excluding diaryl/α,β-unsaturated/α-hetero) is 2. The summed E-state index contributed by atoms with van der Waals surface area (Å²) in [5.41, 5.74) is 9.69. The van der Waals surface area contributed by atoms with Gasteiger partial charge in [0.25, 0.3) is 0 Å². The number of nitrogens with zero attached hydrogens (tertiary/aromatic N) is 11. The molecular weight excluding hydrogens is 1960 g/mol. The molecule has 30 nitrogen and oxygen atoms in total. The summed E-state index contributed by atoms with van der Waals surface area (Å²) in [5, 5.41) is 38.9. The third-order valence-corrected chi connectivity index (χ3v) is 21.2. The first-order chi connectivity index (χ1) is 59.7. The first-order valence-corrected chi connectivity index (χ1v) is 49.6. The number of alkyl halides is 4. The minimum atomic E-state index is -1.30. The van der Waals surface area contributed by atoms with Crippen molar-refractivity contribution in [3.8, 4) is 22.3 Å². The number of ketones is 2. The molecular formula is C87H136Cl2F4N16O14S10. The maximum atomic E-state index is 14.3. The lowest BCUT2D eigenvalue weighted by atomic mass is 9.92. The van der Waals surface area contributed by atoms with Gasteiger partial charge < -0.3 is 51.6 Å². The number of likely N-dealkylation sites (tertiary alicyclic amines) is 3. The van der Waals surface area contributed by atoms with Gasteiger partial charge in [0.1, 0.15) is 90.1 Å². The Hall–Kier alpha value is -7.21. The Morgan fingerprint density at radius 2 is 0.820 bits per heavy atom. The number of carbonyl (C=O) groups is 10. The smallest absolute Gasteiger partial charge is 0.411 e. The lowest BCUT2D eigenvalue weighted by molar-refractivity contribution is -0.142. The molecule has 0 radical (unpaired) electrons. The fraction of sp³-hybridized carbons (Fsp3) is 0.632. The molecule has 2 aromatic carbocycles. The summed E-state index contributed by atoms with van der Waals surface area (Å²) in [6.07, 6.45) is 4.55. The van der Waals surface area contributed by atoms with Crippen LogP contribution in [0.1, 0.15) is 230 Å². The zero-order valence-corrected chi connectivity index (χ0v) is 88.9. The number of fused-ring (bicyclic) bond motifs is 2. The first kappa shape index (κ1) is 130. The molecule has 0 aliphatic carbocycles. The van der Waals surface area contributed by atoms with Crippen molar-refractivity contribution in [3.05, 3.63) is 84.2 Å². The molecule has 10 rings (SSSR count). The Morgan fingerprint density at radius 1 is 0.496 bits per heavy atom. The second-order valence-electron chi connectivity index (χ2n) is 37.6. The van der Waals surface area contributed by atoms with Gasteiger partial charge in [-0.2, -0.15) is 23.7 Å². The lowest BCUT2D eigenvalue weighted by Gasteiger charge is -2.28. The molecule has 133 heavy (non-hydrogen) atoms. The standard InChI is InChI=1S/C27H33FN6O3.C16H29FN2O3.C16H14N4O3.C11H21FN2O.C10H16FNO4.C6H15N.CH4.2ClH.S4.S3.S2.H2S/c1-16(35)25-21-10-18(19-12-30-17(2)31-13-19)6-7-22(21)34(32-25)15-24(36)33-14-20(28)11-23(33)26(37)29-9-8-27(3,4)5;1-15(2,3)7-8-18-13(20)12-9-11(17)10-19(12)14(21)22-16(4,5)6;1-9(21)16-13-5-11(12-6-17-10(2)18-7-12)3-4-14(13)20(19-16)8-15(22)23;1-11(2,3)4-5-13-10(15)9-6-8(12)7-14-9;1-10(2,3)16-9(15)12-5-6(11)4-7(12)8(13)14;1-6(2,3)4-5-7;;;;1-3-4-2;1-3-2;1-2;/h6-7,10,12-13,20,23H,8-9,11,14-15H2,1-5H3,(H,29,37);11-12H,7-10H2,1-6H3,(H,18,20);3-7H,8H2,1-2H3,(H,22,23);8-9,14H,4-7H2,1-3H3,(H,13,15);6-7H,4-5H2,1-3H3,(H,13,14);4-5,7H2,1-3H3;1H4;2*1H;;;;1H2/t20-,23+;11-,12+;;8-,9+;6-,7+;;;;;;;;/m11.11......../s1. The van der Waals surface area contributed by atoms with Gasteiger partial charge >= 0.3 is 24.1 Å². The van der Waals surface area contributed by atoms with Crippen molar-refractivity contribution < 1.29 is 85.2 Å². The average Bonchev–Trinajstić information content (AvgIpc) is 1.63. The van der Waals surface area contributed by atoms with Crippen LogP contribution in [0.15, 0.2) is 61.2 Å². The summed E-state index contributed by atoms with van der Waals surface area (Å²) in [6, 6.07) is 7.75. The Balaban J connectivity index is -0.00000156.